The van der Waals surface area contributed by atoms with Gasteiger partial charge in [-0.25, -0.2) is 12.8 Å². The Balaban J connectivity index is 1.84. The van der Waals surface area contributed by atoms with Gasteiger partial charge in [0.2, 0.25) is 11.8 Å². The molecule has 0 unspecified atom stereocenters. The number of sulfonamides is 1. The number of nitrogens with one attached hydrogen (secondary N) is 1. The van der Waals surface area contributed by atoms with E-state index < -0.39 is 40.2 Å². The second-order valence-electron chi connectivity index (χ2n) is 9.75. The minimum absolute atomic E-state index is 0.0399. The van der Waals surface area contributed by atoms with Gasteiger partial charge in [-0.1, -0.05) is 89.4 Å². The van der Waals surface area contributed by atoms with E-state index in [1.54, 1.807) is 43.3 Å². The van der Waals surface area contributed by atoms with Gasteiger partial charge < -0.3 is 10.2 Å². The van der Waals surface area contributed by atoms with Crippen LogP contribution in [-0.4, -0.2) is 44.3 Å². The predicted molar refractivity (Wildman–Crippen MR) is 172 cm³/mol. The molecule has 44 heavy (non-hydrogen) atoms. The molecule has 0 aliphatic heterocycles. The molecule has 0 spiro atoms. The Bertz CT molecular complexity index is 1710. The number of carbonyl (C=O) groups is 2. The lowest BCUT2D eigenvalue weighted by atomic mass is 10.0. The fraction of sp³-hybridized carbons (Fsp3) is 0.188. The van der Waals surface area contributed by atoms with E-state index in [4.69, 9.17) is 34.8 Å². The van der Waals surface area contributed by atoms with Crippen LogP contribution < -0.4 is 9.62 Å². The van der Waals surface area contributed by atoms with Crippen LogP contribution in [0.3, 0.4) is 0 Å². The highest BCUT2D eigenvalue weighted by Gasteiger charge is 2.35. The maximum Gasteiger partial charge on any atom is 0.264 e. The van der Waals surface area contributed by atoms with E-state index in [9.17, 15) is 22.4 Å². The number of benzene rings is 4. The Morgan fingerprint density at radius 3 is 2.05 bits per heavy atom. The largest absolute Gasteiger partial charge is 0.355 e. The number of rotatable bonds is 12. The highest BCUT2D eigenvalue weighted by atomic mass is 35.5. The van der Waals surface area contributed by atoms with E-state index in [2.05, 4.69) is 5.32 Å². The van der Waals surface area contributed by atoms with Crippen molar-refractivity contribution in [3.05, 3.63) is 129 Å². The van der Waals surface area contributed by atoms with Gasteiger partial charge in [0.05, 0.1) is 15.6 Å². The molecule has 4 aromatic carbocycles. The van der Waals surface area contributed by atoms with Crippen LogP contribution in [0.15, 0.2) is 102 Å². The van der Waals surface area contributed by atoms with E-state index in [0.717, 1.165) is 22.0 Å². The van der Waals surface area contributed by atoms with Crippen molar-refractivity contribution < 1.29 is 22.4 Å². The van der Waals surface area contributed by atoms with Crippen LogP contribution in [0.5, 0.6) is 0 Å². The molecular formula is C32H29Cl3FN3O4S. The first-order valence-corrected chi connectivity index (χ1v) is 16.2. The van der Waals surface area contributed by atoms with Crippen molar-refractivity contribution in [2.24, 2.45) is 0 Å². The Kier molecular flexibility index (Phi) is 11.3. The van der Waals surface area contributed by atoms with Crippen molar-refractivity contribution in [3.63, 3.8) is 0 Å². The van der Waals surface area contributed by atoms with Gasteiger partial charge in [-0.05, 0) is 55.0 Å². The van der Waals surface area contributed by atoms with Gasteiger partial charge in [0.1, 0.15) is 18.4 Å². The van der Waals surface area contributed by atoms with Crippen molar-refractivity contribution in [2.75, 3.05) is 17.4 Å². The lowest BCUT2D eigenvalue weighted by Crippen LogP contribution is -2.53. The summed E-state index contributed by atoms with van der Waals surface area (Å²) in [5, 5.41) is 2.99. The molecule has 0 heterocycles. The van der Waals surface area contributed by atoms with Crippen LogP contribution in [0.1, 0.15) is 18.1 Å². The number of hydrogen-bond donors (Lipinski definition) is 1. The molecule has 0 saturated heterocycles. The lowest BCUT2D eigenvalue weighted by molar-refractivity contribution is -0.140. The molecular weight excluding hydrogens is 648 g/mol. The molecule has 7 nitrogen and oxygen atoms in total. The summed E-state index contributed by atoms with van der Waals surface area (Å²) in [6.07, 6.45) is 0.119. The molecule has 0 radical (unpaired) electrons. The Labute approximate surface area is 271 Å². The normalized spacial score (nSPS) is 11.9. The van der Waals surface area contributed by atoms with E-state index in [1.165, 1.54) is 23.1 Å². The SMILES string of the molecule is CCNC(=O)[C@@H](Cc1ccccc1)N(Cc1c(Cl)cccc1Cl)C(=O)CN(c1ccc(F)c(Cl)c1)S(=O)(=O)c1ccccc1. The number of carbonyl (C=O) groups excluding carboxylic acids is 2. The quantitative estimate of drug-likeness (QED) is 0.180. The molecule has 0 bridgehead atoms. The number of amides is 2. The highest BCUT2D eigenvalue weighted by molar-refractivity contribution is 7.92. The van der Waals surface area contributed by atoms with Crippen LogP contribution in [0.4, 0.5) is 10.1 Å². The molecule has 0 aliphatic carbocycles. The molecule has 12 heteroatoms. The summed E-state index contributed by atoms with van der Waals surface area (Å²) in [5.41, 5.74) is 1.11. The van der Waals surface area contributed by atoms with E-state index >= 15 is 0 Å². The zero-order valence-electron chi connectivity index (χ0n) is 23.6. The van der Waals surface area contributed by atoms with Crippen LogP contribution in [0.2, 0.25) is 15.1 Å². The zero-order chi connectivity index (χ0) is 31.9. The first kappa shape index (κ1) is 33.3. The summed E-state index contributed by atoms with van der Waals surface area (Å²) in [6.45, 7) is 1.10. The molecule has 1 N–H and O–H groups in total. The van der Waals surface area contributed by atoms with E-state index in [-0.39, 0.29) is 38.6 Å². The first-order chi connectivity index (χ1) is 21.0. The van der Waals surface area contributed by atoms with Gasteiger partial charge in [-0.15, -0.1) is 0 Å². The fourth-order valence-electron chi connectivity index (χ4n) is 4.59. The first-order valence-electron chi connectivity index (χ1n) is 13.6. The summed E-state index contributed by atoms with van der Waals surface area (Å²) in [6, 6.07) is 23.8. The summed E-state index contributed by atoms with van der Waals surface area (Å²) < 4.78 is 42.9. The molecule has 4 rings (SSSR count). The summed E-state index contributed by atoms with van der Waals surface area (Å²) in [4.78, 5) is 29.1. The number of halogens is 4. The van der Waals surface area contributed by atoms with Crippen molar-refractivity contribution >= 4 is 62.3 Å². The smallest absolute Gasteiger partial charge is 0.264 e. The molecule has 230 valence electrons. The monoisotopic (exact) mass is 675 g/mol. The maximum atomic E-state index is 14.4. The predicted octanol–water partition coefficient (Wildman–Crippen LogP) is 6.76. The third kappa shape index (κ3) is 7.90. The van der Waals surface area contributed by atoms with Crippen LogP contribution in [0, 0.1) is 5.82 Å². The zero-order valence-corrected chi connectivity index (χ0v) is 26.7. The number of likely N-dealkylation sites (N-methyl/N-ethyl adjacent to an activating group) is 1. The van der Waals surface area contributed by atoms with Crippen LogP contribution >= 0.6 is 34.8 Å². The second-order valence-corrected chi connectivity index (χ2v) is 12.8. The van der Waals surface area contributed by atoms with E-state index in [0.29, 0.717) is 12.1 Å². The van der Waals surface area contributed by atoms with Gasteiger partial charge in [-0.2, -0.15) is 0 Å². The van der Waals surface area contributed by atoms with Crippen molar-refractivity contribution in [3.8, 4) is 0 Å². The van der Waals surface area contributed by atoms with Gasteiger partial charge in [0.25, 0.3) is 10.0 Å². The molecule has 0 saturated carbocycles. The number of nitrogens with zero attached hydrogens (tertiary/aromatic N) is 2. The van der Waals surface area contributed by atoms with Crippen molar-refractivity contribution in [2.45, 2.75) is 30.8 Å². The fourth-order valence-corrected chi connectivity index (χ4v) is 6.71. The average molecular weight is 677 g/mol. The summed E-state index contributed by atoms with van der Waals surface area (Å²) >= 11 is 19.0. The van der Waals surface area contributed by atoms with Gasteiger partial charge in [0.15, 0.2) is 0 Å². The third-order valence-electron chi connectivity index (χ3n) is 6.81. The van der Waals surface area contributed by atoms with E-state index in [1.807, 2.05) is 30.3 Å². The minimum atomic E-state index is -4.36. The molecule has 2 amide bonds. The molecule has 0 fully saturated rings. The Hall–Kier alpha value is -3.63. The maximum absolute atomic E-state index is 14.4. The van der Waals surface area contributed by atoms with Gasteiger partial charge in [0, 0.05) is 35.1 Å². The van der Waals surface area contributed by atoms with Crippen LogP contribution in [0.25, 0.3) is 0 Å². The second kappa shape index (κ2) is 14.9. The highest BCUT2D eigenvalue weighted by Crippen LogP contribution is 2.30. The Morgan fingerprint density at radius 2 is 1.45 bits per heavy atom. The topological polar surface area (TPSA) is 86.8 Å². The summed E-state index contributed by atoms with van der Waals surface area (Å²) in [7, 11) is -4.36. The number of anilines is 1. The minimum Gasteiger partial charge on any atom is -0.355 e. The molecule has 0 aromatic heterocycles. The average Bonchev–Trinajstić information content (AvgIpc) is 3.01. The molecule has 0 aliphatic rings. The Morgan fingerprint density at radius 1 is 0.841 bits per heavy atom. The summed E-state index contributed by atoms with van der Waals surface area (Å²) in [5.74, 6) is -1.93. The van der Waals surface area contributed by atoms with Gasteiger partial charge in [-0.3, -0.25) is 13.9 Å². The lowest BCUT2D eigenvalue weighted by Gasteiger charge is -2.34. The van der Waals surface area contributed by atoms with Crippen LogP contribution in [-0.2, 0) is 32.6 Å². The third-order valence-corrected chi connectivity index (χ3v) is 9.60. The van der Waals surface area contributed by atoms with Gasteiger partial charge >= 0.3 is 0 Å². The standard InChI is InChI=1S/C32H29Cl3FN3O4S/c1-2-37-32(41)30(18-22-10-5-3-6-11-22)38(20-25-26(33)14-9-15-27(25)34)31(40)21-39(23-16-17-29(36)28(35)19-23)44(42,43)24-12-7-4-8-13-24/h3-17,19,30H,2,18,20-21H2,1H3,(H,37,41)/t30-/m1/s1. The van der Waals surface area contributed by atoms with Crippen molar-refractivity contribution in [1.82, 2.24) is 10.2 Å². The van der Waals surface area contributed by atoms with Crippen molar-refractivity contribution in [1.29, 1.82) is 0 Å². The number of hydrogen-bond acceptors (Lipinski definition) is 4. The molecule has 1 atom stereocenters. The molecule has 4 aromatic rings.